The largest absolute Gasteiger partial charge is 0.505 e. The summed E-state index contributed by atoms with van der Waals surface area (Å²) in [6.07, 6.45) is 2.30. The van der Waals surface area contributed by atoms with Gasteiger partial charge in [0.05, 0.1) is 6.10 Å². The Morgan fingerprint density at radius 3 is 2.76 bits per heavy atom. The number of rotatable bonds is 6. The summed E-state index contributed by atoms with van der Waals surface area (Å²) in [4.78, 5) is 2.18. The molecule has 1 N–H and O–H groups in total. The number of phenolic OH excluding ortho intramolecular Hbond substituents is 1. The Morgan fingerprint density at radius 2 is 2.04 bits per heavy atom. The number of aryl methyl sites for hydroxylation is 1. The van der Waals surface area contributed by atoms with Gasteiger partial charge >= 0.3 is 0 Å². The van der Waals surface area contributed by atoms with Crippen LogP contribution in [-0.2, 0) is 17.8 Å². The van der Waals surface area contributed by atoms with E-state index < -0.39 is 5.82 Å². The van der Waals surface area contributed by atoms with Crippen LogP contribution in [-0.4, -0.2) is 29.3 Å². The van der Waals surface area contributed by atoms with Gasteiger partial charge in [-0.25, -0.2) is 4.39 Å². The van der Waals surface area contributed by atoms with Gasteiger partial charge < -0.3 is 9.84 Å². The summed E-state index contributed by atoms with van der Waals surface area (Å²) < 4.78 is 21.1. The van der Waals surface area contributed by atoms with E-state index >= 15 is 0 Å². The Morgan fingerprint density at radius 1 is 1.24 bits per heavy atom. The van der Waals surface area contributed by atoms with E-state index in [9.17, 15) is 9.50 Å². The fraction of sp³-hybridized carbons (Fsp3) is 0.400. The third-order valence-electron chi connectivity index (χ3n) is 4.54. The molecule has 3 nitrogen and oxygen atoms in total. The lowest BCUT2D eigenvalue weighted by molar-refractivity contribution is 0.0674. The number of benzene rings is 2. The molecule has 1 atom stereocenters. The van der Waals surface area contributed by atoms with Crippen molar-refractivity contribution in [1.29, 1.82) is 0 Å². The fourth-order valence-electron chi connectivity index (χ4n) is 3.21. The predicted octanol–water partition coefficient (Wildman–Crippen LogP) is 4.78. The maximum absolute atomic E-state index is 14.2. The lowest BCUT2D eigenvalue weighted by Crippen LogP contribution is -2.32. The van der Waals surface area contributed by atoms with Gasteiger partial charge in [-0.15, -0.1) is 0 Å². The number of hydrogen-bond donors (Lipinski definition) is 1. The first kappa shape index (κ1) is 18.4. The van der Waals surface area contributed by atoms with Crippen LogP contribution < -0.4 is 0 Å². The van der Waals surface area contributed by atoms with E-state index in [2.05, 4.69) is 46.0 Å². The monoisotopic (exact) mass is 407 g/mol. The van der Waals surface area contributed by atoms with Crippen molar-refractivity contribution in [2.24, 2.45) is 0 Å². The number of halogens is 2. The van der Waals surface area contributed by atoms with Crippen LogP contribution in [0.3, 0.4) is 0 Å². The smallest absolute Gasteiger partial charge is 0.169 e. The SMILES string of the molecule is Cc1ccc(CN(Cc2cccc(O)c2F)CC2CCCO2)c(Br)c1. The first-order chi connectivity index (χ1) is 12.0. The average Bonchev–Trinajstić information content (AvgIpc) is 3.07. The van der Waals surface area contributed by atoms with E-state index in [0.717, 1.165) is 36.0 Å². The van der Waals surface area contributed by atoms with E-state index in [-0.39, 0.29) is 11.9 Å². The molecule has 0 spiro atoms. The van der Waals surface area contributed by atoms with Crippen molar-refractivity contribution in [3.05, 3.63) is 63.4 Å². The minimum atomic E-state index is -0.539. The van der Waals surface area contributed by atoms with Gasteiger partial charge in [0.1, 0.15) is 0 Å². The summed E-state index contributed by atoms with van der Waals surface area (Å²) in [5.74, 6) is -0.839. The molecular formula is C20H23BrFNO2. The summed E-state index contributed by atoms with van der Waals surface area (Å²) in [6.45, 7) is 4.72. The molecule has 1 aliphatic rings. The third kappa shape index (κ3) is 4.81. The molecule has 1 unspecified atom stereocenters. The van der Waals surface area contributed by atoms with Crippen molar-refractivity contribution in [2.75, 3.05) is 13.2 Å². The van der Waals surface area contributed by atoms with Gasteiger partial charge in [-0.2, -0.15) is 0 Å². The van der Waals surface area contributed by atoms with Crippen LogP contribution in [0.5, 0.6) is 5.75 Å². The molecule has 0 bridgehead atoms. The second-order valence-electron chi connectivity index (χ2n) is 6.65. The van der Waals surface area contributed by atoms with Gasteiger partial charge in [0.2, 0.25) is 0 Å². The molecule has 1 heterocycles. The summed E-state index contributed by atoms with van der Waals surface area (Å²) in [5, 5.41) is 9.64. The maximum Gasteiger partial charge on any atom is 0.169 e. The Kier molecular flexibility index (Phi) is 6.10. The van der Waals surface area contributed by atoms with Crippen molar-refractivity contribution in [3.8, 4) is 5.75 Å². The van der Waals surface area contributed by atoms with E-state index in [4.69, 9.17) is 4.74 Å². The molecule has 1 fully saturated rings. The Balaban J connectivity index is 1.79. The zero-order chi connectivity index (χ0) is 17.8. The lowest BCUT2D eigenvalue weighted by atomic mass is 10.1. The molecule has 1 saturated heterocycles. The molecule has 0 saturated carbocycles. The molecule has 0 amide bonds. The van der Waals surface area contributed by atoms with Crippen molar-refractivity contribution < 1.29 is 14.2 Å². The van der Waals surface area contributed by atoms with E-state index in [1.165, 1.54) is 11.6 Å². The molecule has 25 heavy (non-hydrogen) atoms. The summed E-state index contributed by atoms with van der Waals surface area (Å²) >= 11 is 3.63. The minimum absolute atomic E-state index is 0.185. The summed E-state index contributed by atoms with van der Waals surface area (Å²) in [6, 6.07) is 11.1. The van der Waals surface area contributed by atoms with Gasteiger partial charge in [0, 0.05) is 36.3 Å². The quantitative estimate of drug-likeness (QED) is 0.747. The van der Waals surface area contributed by atoms with E-state index in [0.29, 0.717) is 18.7 Å². The van der Waals surface area contributed by atoms with Crippen LogP contribution in [0.15, 0.2) is 40.9 Å². The third-order valence-corrected chi connectivity index (χ3v) is 5.28. The predicted molar refractivity (Wildman–Crippen MR) is 100 cm³/mol. The topological polar surface area (TPSA) is 32.7 Å². The molecule has 3 rings (SSSR count). The standard InChI is InChI=1S/C20H23BrFNO2/c1-14-7-8-15(18(21)10-14)11-23(13-17-5-3-9-25-17)12-16-4-2-6-19(24)20(16)22/h2,4,6-8,10,17,24H,3,5,9,11-13H2,1H3. The molecule has 1 aliphatic heterocycles. The van der Waals surface area contributed by atoms with Crippen LogP contribution in [0.25, 0.3) is 0 Å². The zero-order valence-electron chi connectivity index (χ0n) is 14.3. The number of ether oxygens (including phenoxy) is 1. The number of aromatic hydroxyl groups is 1. The molecule has 0 radical (unpaired) electrons. The van der Waals surface area contributed by atoms with Crippen LogP contribution in [0.2, 0.25) is 0 Å². The van der Waals surface area contributed by atoms with Crippen molar-refractivity contribution in [1.82, 2.24) is 4.90 Å². The molecule has 5 heteroatoms. The first-order valence-corrected chi connectivity index (χ1v) is 9.37. The average molecular weight is 408 g/mol. The van der Waals surface area contributed by atoms with Gasteiger partial charge in [-0.3, -0.25) is 4.90 Å². The van der Waals surface area contributed by atoms with Crippen LogP contribution >= 0.6 is 15.9 Å². The highest BCUT2D eigenvalue weighted by atomic mass is 79.9. The van der Waals surface area contributed by atoms with Gasteiger partial charge in [0.15, 0.2) is 11.6 Å². The molecule has 134 valence electrons. The fourth-order valence-corrected chi connectivity index (χ4v) is 3.83. The normalized spacial score (nSPS) is 17.4. The highest BCUT2D eigenvalue weighted by molar-refractivity contribution is 9.10. The second kappa shape index (κ2) is 8.30. The Labute approximate surface area is 156 Å². The van der Waals surface area contributed by atoms with Crippen LogP contribution in [0.4, 0.5) is 4.39 Å². The highest BCUT2D eigenvalue weighted by Crippen LogP contribution is 2.25. The van der Waals surface area contributed by atoms with E-state index in [1.807, 2.05) is 0 Å². The lowest BCUT2D eigenvalue weighted by Gasteiger charge is -2.26. The number of hydrogen-bond acceptors (Lipinski definition) is 3. The second-order valence-corrected chi connectivity index (χ2v) is 7.50. The summed E-state index contributed by atoms with van der Waals surface area (Å²) in [7, 11) is 0. The van der Waals surface area contributed by atoms with Crippen molar-refractivity contribution >= 4 is 15.9 Å². The van der Waals surface area contributed by atoms with Crippen molar-refractivity contribution in [2.45, 2.75) is 39.0 Å². The van der Waals surface area contributed by atoms with Gasteiger partial charge in [-0.1, -0.05) is 40.2 Å². The van der Waals surface area contributed by atoms with Crippen LogP contribution in [0.1, 0.15) is 29.5 Å². The van der Waals surface area contributed by atoms with Gasteiger partial charge in [-0.05, 0) is 43.0 Å². The zero-order valence-corrected chi connectivity index (χ0v) is 15.9. The summed E-state index contributed by atoms with van der Waals surface area (Å²) in [5.41, 5.74) is 2.85. The minimum Gasteiger partial charge on any atom is -0.505 e. The van der Waals surface area contributed by atoms with E-state index in [1.54, 1.807) is 12.1 Å². The van der Waals surface area contributed by atoms with Gasteiger partial charge in [0.25, 0.3) is 0 Å². The Bertz CT molecular complexity index is 732. The first-order valence-electron chi connectivity index (χ1n) is 8.58. The highest BCUT2D eigenvalue weighted by Gasteiger charge is 2.21. The Hall–Kier alpha value is -1.43. The number of phenols is 1. The van der Waals surface area contributed by atoms with Crippen LogP contribution in [0, 0.1) is 12.7 Å². The molecular weight excluding hydrogens is 385 g/mol. The maximum atomic E-state index is 14.2. The van der Waals surface area contributed by atoms with Crippen molar-refractivity contribution in [3.63, 3.8) is 0 Å². The number of nitrogens with zero attached hydrogens (tertiary/aromatic N) is 1. The molecule has 2 aromatic rings. The molecule has 0 aromatic heterocycles. The molecule has 2 aromatic carbocycles. The molecule has 0 aliphatic carbocycles.